The SMILES string of the molecule is Cc1cc(C)c(Cl)c(C(C)C)n1. The summed E-state index contributed by atoms with van der Waals surface area (Å²) < 4.78 is 0. The van der Waals surface area contributed by atoms with Crippen LogP contribution in [0.2, 0.25) is 5.02 Å². The van der Waals surface area contributed by atoms with Gasteiger partial charge in [0, 0.05) is 5.69 Å². The number of hydrogen-bond acceptors (Lipinski definition) is 1. The molecule has 0 amide bonds. The number of aromatic nitrogens is 1. The Bertz CT molecular complexity index is 292. The molecule has 0 aliphatic rings. The Kier molecular flexibility index (Phi) is 2.73. The molecular formula is C10H14ClN. The molecule has 0 radical (unpaired) electrons. The Hall–Kier alpha value is -0.560. The molecule has 1 aromatic heterocycles. The summed E-state index contributed by atoms with van der Waals surface area (Å²) in [5.74, 6) is 0.399. The standard InChI is InChI=1S/C10H14ClN/c1-6(2)10-9(11)7(3)5-8(4)12-10/h5-6H,1-4H3. The van der Waals surface area contributed by atoms with Crippen molar-refractivity contribution in [3.05, 3.63) is 28.0 Å². The van der Waals surface area contributed by atoms with Gasteiger partial charge in [0.2, 0.25) is 0 Å². The smallest absolute Gasteiger partial charge is 0.0653 e. The number of nitrogens with zero attached hydrogens (tertiary/aromatic N) is 1. The summed E-state index contributed by atoms with van der Waals surface area (Å²) in [5, 5.41) is 0.815. The third kappa shape index (κ3) is 1.78. The molecule has 0 aliphatic heterocycles. The molecule has 0 aromatic carbocycles. The number of halogens is 1. The lowest BCUT2D eigenvalue weighted by molar-refractivity contribution is 0.813. The normalized spacial score (nSPS) is 10.8. The second-order valence-electron chi connectivity index (χ2n) is 3.43. The predicted molar refractivity (Wildman–Crippen MR) is 52.8 cm³/mol. The van der Waals surface area contributed by atoms with Gasteiger partial charge in [-0.15, -0.1) is 0 Å². The lowest BCUT2D eigenvalue weighted by Crippen LogP contribution is -1.97. The van der Waals surface area contributed by atoms with Gasteiger partial charge in [-0.1, -0.05) is 25.4 Å². The van der Waals surface area contributed by atoms with E-state index in [4.69, 9.17) is 11.6 Å². The largest absolute Gasteiger partial charge is 0.256 e. The molecule has 1 heterocycles. The minimum Gasteiger partial charge on any atom is -0.256 e. The molecule has 0 saturated carbocycles. The van der Waals surface area contributed by atoms with Gasteiger partial charge in [-0.05, 0) is 31.4 Å². The number of pyridine rings is 1. The Morgan fingerprint density at radius 3 is 2.42 bits per heavy atom. The maximum Gasteiger partial charge on any atom is 0.0653 e. The maximum absolute atomic E-state index is 6.10. The molecule has 1 nitrogen and oxygen atoms in total. The molecule has 2 heteroatoms. The van der Waals surface area contributed by atoms with Crippen molar-refractivity contribution in [2.24, 2.45) is 0 Å². The lowest BCUT2D eigenvalue weighted by atomic mass is 10.1. The van der Waals surface area contributed by atoms with Gasteiger partial charge in [0.1, 0.15) is 0 Å². The second kappa shape index (κ2) is 3.44. The van der Waals surface area contributed by atoms with Gasteiger partial charge in [-0.3, -0.25) is 4.98 Å². The molecule has 0 unspecified atom stereocenters. The lowest BCUT2D eigenvalue weighted by Gasteiger charge is -2.10. The molecule has 0 fully saturated rings. The molecule has 0 aliphatic carbocycles. The highest BCUT2D eigenvalue weighted by Crippen LogP contribution is 2.25. The highest BCUT2D eigenvalue weighted by Gasteiger charge is 2.09. The van der Waals surface area contributed by atoms with E-state index in [1.54, 1.807) is 0 Å². The van der Waals surface area contributed by atoms with Crippen LogP contribution in [0.3, 0.4) is 0 Å². The fourth-order valence-electron chi connectivity index (χ4n) is 1.23. The molecule has 0 atom stereocenters. The Labute approximate surface area is 78.8 Å². The molecular weight excluding hydrogens is 170 g/mol. The first-order valence-corrected chi connectivity index (χ1v) is 4.53. The van der Waals surface area contributed by atoms with E-state index in [-0.39, 0.29) is 0 Å². The summed E-state index contributed by atoms with van der Waals surface area (Å²) in [6, 6.07) is 2.01. The fourth-order valence-corrected chi connectivity index (χ4v) is 1.55. The summed E-state index contributed by atoms with van der Waals surface area (Å²) >= 11 is 6.10. The van der Waals surface area contributed by atoms with Gasteiger partial charge in [0.15, 0.2) is 0 Å². The zero-order chi connectivity index (χ0) is 9.30. The number of aryl methyl sites for hydroxylation is 2. The van der Waals surface area contributed by atoms with E-state index in [1.807, 2.05) is 19.9 Å². The number of rotatable bonds is 1. The highest BCUT2D eigenvalue weighted by atomic mass is 35.5. The third-order valence-electron chi connectivity index (χ3n) is 1.84. The molecule has 66 valence electrons. The van der Waals surface area contributed by atoms with E-state index in [1.165, 1.54) is 0 Å². The van der Waals surface area contributed by atoms with Crippen LogP contribution in [0.25, 0.3) is 0 Å². The minimum absolute atomic E-state index is 0.399. The van der Waals surface area contributed by atoms with Crippen LogP contribution in [0, 0.1) is 13.8 Å². The van der Waals surface area contributed by atoms with Crippen molar-refractivity contribution < 1.29 is 0 Å². The van der Waals surface area contributed by atoms with Crippen LogP contribution in [0.4, 0.5) is 0 Å². The molecule has 12 heavy (non-hydrogen) atoms. The molecule has 0 bridgehead atoms. The van der Waals surface area contributed by atoms with Crippen LogP contribution in [-0.4, -0.2) is 4.98 Å². The van der Waals surface area contributed by atoms with Gasteiger partial charge in [0.05, 0.1) is 10.7 Å². The Morgan fingerprint density at radius 2 is 1.92 bits per heavy atom. The van der Waals surface area contributed by atoms with Crippen molar-refractivity contribution in [1.29, 1.82) is 0 Å². The van der Waals surface area contributed by atoms with E-state index < -0.39 is 0 Å². The summed E-state index contributed by atoms with van der Waals surface area (Å²) in [6.45, 7) is 8.22. The summed E-state index contributed by atoms with van der Waals surface area (Å²) in [7, 11) is 0. The summed E-state index contributed by atoms with van der Waals surface area (Å²) in [4.78, 5) is 4.40. The average molecular weight is 184 g/mol. The maximum atomic E-state index is 6.10. The molecule has 0 saturated heterocycles. The van der Waals surface area contributed by atoms with Crippen LogP contribution in [0.1, 0.15) is 36.7 Å². The van der Waals surface area contributed by atoms with Crippen molar-refractivity contribution in [2.45, 2.75) is 33.6 Å². The minimum atomic E-state index is 0.399. The Morgan fingerprint density at radius 1 is 1.33 bits per heavy atom. The summed E-state index contributed by atoms with van der Waals surface area (Å²) in [5.41, 5.74) is 3.17. The van der Waals surface area contributed by atoms with E-state index in [2.05, 4.69) is 18.8 Å². The van der Waals surface area contributed by atoms with E-state index in [0.717, 1.165) is 22.0 Å². The molecule has 0 spiro atoms. The quantitative estimate of drug-likeness (QED) is 0.650. The van der Waals surface area contributed by atoms with Crippen molar-refractivity contribution >= 4 is 11.6 Å². The van der Waals surface area contributed by atoms with Crippen LogP contribution in [0.5, 0.6) is 0 Å². The van der Waals surface area contributed by atoms with Crippen LogP contribution in [0.15, 0.2) is 6.07 Å². The predicted octanol–water partition coefficient (Wildman–Crippen LogP) is 3.48. The van der Waals surface area contributed by atoms with Crippen molar-refractivity contribution in [3.63, 3.8) is 0 Å². The van der Waals surface area contributed by atoms with Gasteiger partial charge < -0.3 is 0 Å². The molecule has 1 rings (SSSR count). The first kappa shape index (κ1) is 9.53. The third-order valence-corrected chi connectivity index (χ3v) is 2.33. The van der Waals surface area contributed by atoms with Crippen molar-refractivity contribution in [2.75, 3.05) is 0 Å². The first-order valence-electron chi connectivity index (χ1n) is 4.16. The van der Waals surface area contributed by atoms with E-state index in [9.17, 15) is 0 Å². The topological polar surface area (TPSA) is 12.9 Å². The van der Waals surface area contributed by atoms with Crippen molar-refractivity contribution in [1.82, 2.24) is 4.98 Å². The van der Waals surface area contributed by atoms with Crippen LogP contribution >= 0.6 is 11.6 Å². The molecule has 1 aromatic rings. The Balaban J connectivity index is 3.28. The van der Waals surface area contributed by atoms with E-state index >= 15 is 0 Å². The second-order valence-corrected chi connectivity index (χ2v) is 3.81. The zero-order valence-corrected chi connectivity index (χ0v) is 8.74. The van der Waals surface area contributed by atoms with E-state index in [0.29, 0.717) is 5.92 Å². The first-order chi connectivity index (χ1) is 5.52. The van der Waals surface area contributed by atoms with Crippen LogP contribution in [-0.2, 0) is 0 Å². The summed E-state index contributed by atoms with van der Waals surface area (Å²) in [6.07, 6.45) is 0. The molecule has 0 N–H and O–H groups in total. The van der Waals surface area contributed by atoms with Gasteiger partial charge in [-0.2, -0.15) is 0 Å². The fraction of sp³-hybridized carbons (Fsp3) is 0.500. The zero-order valence-electron chi connectivity index (χ0n) is 7.98. The monoisotopic (exact) mass is 183 g/mol. The average Bonchev–Trinajstić information content (AvgIpc) is 1.96. The number of hydrogen-bond donors (Lipinski definition) is 0. The van der Waals surface area contributed by atoms with Crippen LogP contribution < -0.4 is 0 Å². The van der Waals surface area contributed by atoms with Gasteiger partial charge in [-0.25, -0.2) is 0 Å². The highest BCUT2D eigenvalue weighted by molar-refractivity contribution is 6.32. The van der Waals surface area contributed by atoms with Gasteiger partial charge in [0.25, 0.3) is 0 Å². The van der Waals surface area contributed by atoms with Crippen molar-refractivity contribution in [3.8, 4) is 0 Å². The van der Waals surface area contributed by atoms with Gasteiger partial charge >= 0.3 is 0 Å².